The van der Waals surface area contributed by atoms with Gasteiger partial charge in [-0.2, -0.15) is 0 Å². The van der Waals surface area contributed by atoms with Gasteiger partial charge < -0.3 is 14.6 Å². The van der Waals surface area contributed by atoms with Crippen LogP contribution in [0.15, 0.2) is 24.3 Å². The molecule has 130 valence electrons. The molecule has 0 spiro atoms. The minimum absolute atomic E-state index is 0.0350. The number of nitrogens with zero attached hydrogens (tertiary/aromatic N) is 1. The first-order valence-electron chi connectivity index (χ1n) is 7.50. The van der Waals surface area contributed by atoms with Crippen molar-refractivity contribution in [3.63, 3.8) is 0 Å². The number of hydrogen-bond acceptors (Lipinski definition) is 6. The lowest BCUT2D eigenvalue weighted by atomic mass is 10.0. The van der Waals surface area contributed by atoms with Crippen LogP contribution >= 0.6 is 0 Å². The van der Waals surface area contributed by atoms with Crippen LogP contribution in [0.1, 0.15) is 32.8 Å². The molecule has 7 heteroatoms. The van der Waals surface area contributed by atoms with Gasteiger partial charge in [0, 0.05) is 0 Å². The predicted molar refractivity (Wildman–Crippen MR) is 84.0 cm³/mol. The van der Waals surface area contributed by atoms with Gasteiger partial charge in [0.2, 0.25) is 5.91 Å². The molecule has 24 heavy (non-hydrogen) atoms. The van der Waals surface area contributed by atoms with Gasteiger partial charge in [0.1, 0.15) is 11.4 Å². The van der Waals surface area contributed by atoms with E-state index >= 15 is 0 Å². The largest absolute Gasteiger partial charge is 0.497 e. The molecule has 1 heterocycles. The smallest absolute Gasteiger partial charge is 0.349 e. The standard InChI is InChI=1S/C17H21NO6/c1-16(2,3)24-15(21)17(22)9-13(19)18(14(17)20)10-11-5-7-12(23-4)8-6-11/h5-8,22H,9-10H2,1-4H3/t17-/m0/s1. The monoisotopic (exact) mass is 335 g/mol. The molecule has 7 nitrogen and oxygen atoms in total. The van der Waals surface area contributed by atoms with Crippen LogP contribution in [0.4, 0.5) is 0 Å². The van der Waals surface area contributed by atoms with Gasteiger partial charge >= 0.3 is 5.97 Å². The molecule has 1 saturated heterocycles. The number of aliphatic hydroxyl groups is 1. The number of imide groups is 1. The molecule has 1 aliphatic rings. The number of likely N-dealkylation sites (tertiary alicyclic amines) is 1. The van der Waals surface area contributed by atoms with Gasteiger partial charge in [-0.05, 0) is 38.5 Å². The van der Waals surface area contributed by atoms with Crippen LogP contribution < -0.4 is 4.74 Å². The van der Waals surface area contributed by atoms with Gasteiger partial charge in [0.15, 0.2) is 0 Å². The molecule has 0 saturated carbocycles. The van der Waals surface area contributed by atoms with Gasteiger partial charge in [-0.25, -0.2) is 4.79 Å². The fraction of sp³-hybridized carbons (Fsp3) is 0.471. The number of benzene rings is 1. The van der Waals surface area contributed by atoms with E-state index in [1.807, 2.05) is 0 Å². The third-order valence-corrected chi connectivity index (χ3v) is 3.54. The maximum absolute atomic E-state index is 12.4. The van der Waals surface area contributed by atoms with Crippen LogP contribution in [0.5, 0.6) is 5.75 Å². The van der Waals surface area contributed by atoms with Crippen molar-refractivity contribution < 1.29 is 29.0 Å². The van der Waals surface area contributed by atoms with Crippen molar-refractivity contribution in [3.8, 4) is 5.75 Å². The van der Waals surface area contributed by atoms with Crippen molar-refractivity contribution in [2.45, 2.75) is 44.9 Å². The van der Waals surface area contributed by atoms with E-state index in [-0.39, 0.29) is 6.54 Å². The molecule has 1 fully saturated rings. The Bertz CT molecular complexity index is 661. The van der Waals surface area contributed by atoms with Crippen molar-refractivity contribution in [2.24, 2.45) is 0 Å². The summed E-state index contributed by atoms with van der Waals surface area (Å²) in [5.41, 5.74) is -2.66. The number of hydrogen-bond donors (Lipinski definition) is 1. The second-order valence-electron chi connectivity index (χ2n) is 6.67. The lowest BCUT2D eigenvalue weighted by Gasteiger charge is -2.25. The topological polar surface area (TPSA) is 93.1 Å². The molecule has 0 unspecified atom stereocenters. The molecule has 1 aromatic carbocycles. The van der Waals surface area contributed by atoms with Crippen molar-refractivity contribution in [1.82, 2.24) is 4.90 Å². The summed E-state index contributed by atoms with van der Waals surface area (Å²) in [6.07, 6.45) is -0.614. The zero-order chi connectivity index (χ0) is 18.1. The lowest BCUT2D eigenvalue weighted by Crippen LogP contribution is -2.49. The van der Waals surface area contributed by atoms with Crippen LogP contribution in [0.3, 0.4) is 0 Å². The molecule has 0 aromatic heterocycles. The molecule has 0 radical (unpaired) electrons. The Balaban J connectivity index is 2.17. The average Bonchev–Trinajstić information content (AvgIpc) is 2.71. The van der Waals surface area contributed by atoms with E-state index in [9.17, 15) is 19.5 Å². The number of ether oxygens (including phenoxy) is 2. The van der Waals surface area contributed by atoms with E-state index in [0.29, 0.717) is 11.3 Å². The molecule has 2 rings (SSSR count). The summed E-state index contributed by atoms with van der Waals surface area (Å²) in [4.78, 5) is 37.5. The fourth-order valence-electron chi connectivity index (χ4n) is 2.32. The van der Waals surface area contributed by atoms with Crippen LogP contribution in [0.2, 0.25) is 0 Å². The Labute approximate surface area is 140 Å². The normalized spacial score (nSPS) is 21.1. The summed E-state index contributed by atoms with van der Waals surface area (Å²) < 4.78 is 10.1. The molecular formula is C17H21NO6. The zero-order valence-corrected chi connectivity index (χ0v) is 14.2. The summed E-state index contributed by atoms with van der Waals surface area (Å²) in [6, 6.07) is 6.79. The third-order valence-electron chi connectivity index (χ3n) is 3.54. The Morgan fingerprint density at radius 3 is 2.33 bits per heavy atom. The first-order chi connectivity index (χ1) is 11.1. The quantitative estimate of drug-likeness (QED) is 0.502. The summed E-state index contributed by atoms with van der Waals surface area (Å²) >= 11 is 0. The van der Waals surface area contributed by atoms with Gasteiger partial charge in [0.05, 0.1) is 20.1 Å². The average molecular weight is 335 g/mol. The number of methoxy groups -OCH3 is 1. The summed E-state index contributed by atoms with van der Waals surface area (Å²) in [5.74, 6) is -2.05. The summed E-state index contributed by atoms with van der Waals surface area (Å²) in [7, 11) is 1.53. The highest BCUT2D eigenvalue weighted by molar-refractivity contribution is 6.18. The van der Waals surface area contributed by atoms with Crippen LogP contribution in [0, 0.1) is 0 Å². The molecule has 1 atom stereocenters. The van der Waals surface area contributed by atoms with E-state index in [1.54, 1.807) is 45.0 Å². The van der Waals surface area contributed by atoms with E-state index in [0.717, 1.165) is 4.90 Å². The van der Waals surface area contributed by atoms with E-state index in [2.05, 4.69) is 0 Å². The highest BCUT2D eigenvalue weighted by Gasteiger charge is 2.57. The van der Waals surface area contributed by atoms with Gasteiger partial charge in [-0.15, -0.1) is 0 Å². The SMILES string of the molecule is COc1ccc(CN2C(=O)C[C@@](O)(C(=O)OC(C)(C)C)C2=O)cc1. The number of rotatable bonds is 4. The van der Waals surface area contributed by atoms with E-state index in [1.165, 1.54) is 7.11 Å². The molecule has 1 aliphatic heterocycles. The zero-order valence-electron chi connectivity index (χ0n) is 14.2. The van der Waals surface area contributed by atoms with Gasteiger partial charge in [0.25, 0.3) is 11.5 Å². The molecular weight excluding hydrogens is 314 g/mol. The molecule has 1 aromatic rings. The fourth-order valence-corrected chi connectivity index (χ4v) is 2.32. The molecule has 0 bridgehead atoms. The number of carbonyl (C=O) groups excluding carboxylic acids is 3. The first kappa shape index (κ1) is 17.9. The number of esters is 1. The first-order valence-corrected chi connectivity index (χ1v) is 7.50. The van der Waals surface area contributed by atoms with Gasteiger partial charge in [-0.3, -0.25) is 14.5 Å². The third kappa shape index (κ3) is 3.56. The highest BCUT2D eigenvalue weighted by atomic mass is 16.6. The van der Waals surface area contributed by atoms with Crippen molar-refractivity contribution in [2.75, 3.05) is 7.11 Å². The Morgan fingerprint density at radius 2 is 1.83 bits per heavy atom. The van der Waals surface area contributed by atoms with Crippen molar-refractivity contribution in [1.29, 1.82) is 0 Å². The van der Waals surface area contributed by atoms with Crippen LogP contribution in [0.25, 0.3) is 0 Å². The van der Waals surface area contributed by atoms with Gasteiger partial charge in [-0.1, -0.05) is 12.1 Å². The number of carbonyl (C=O) groups is 3. The molecule has 1 N–H and O–H groups in total. The minimum atomic E-state index is -2.46. The Hall–Kier alpha value is -2.41. The van der Waals surface area contributed by atoms with Crippen molar-refractivity contribution >= 4 is 17.8 Å². The second kappa shape index (κ2) is 6.24. The second-order valence-corrected chi connectivity index (χ2v) is 6.67. The number of amides is 2. The highest BCUT2D eigenvalue weighted by Crippen LogP contribution is 2.29. The lowest BCUT2D eigenvalue weighted by molar-refractivity contribution is -0.180. The predicted octanol–water partition coefficient (Wildman–Crippen LogP) is 1.03. The maximum Gasteiger partial charge on any atom is 0.349 e. The maximum atomic E-state index is 12.4. The minimum Gasteiger partial charge on any atom is -0.497 e. The Morgan fingerprint density at radius 1 is 1.25 bits per heavy atom. The van der Waals surface area contributed by atoms with Crippen LogP contribution in [-0.2, 0) is 25.7 Å². The van der Waals surface area contributed by atoms with Crippen molar-refractivity contribution in [3.05, 3.63) is 29.8 Å². The molecule has 2 amide bonds. The van der Waals surface area contributed by atoms with E-state index < -0.39 is 35.4 Å². The van der Waals surface area contributed by atoms with E-state index in [4.69, 9.17) is 9.47 Å². The Kier molecular flexibility index (Phi) is 4.66. The summed E-state index contributed by atoms with van der Waals surface area (Å²) in [5, 5.41) is 10.4. The van der Waals surface area contributed by atoms with Crippen LogP contribution in [-0.4, -0.2) is 46.1 Å². The molecule has 0 aliphatic carbocycles. The summed E-state index contributed by atoms with van der Waals surface area (Å²) in [6.45, 7) is 4.81.